The molecule has 3 aromatic rings. The van der Waals surface area contributed by atoms with E-state index in [0.717, 1.165) is 11.6 Å². The molecule has 0 saturated heterocycles. The van der Waals surface area contributed by atoms with Crippen molar-refractivity contribution in [1.82, 2.24) is 8.96 Å². The molecule has 0 aliphatic rings. The van der Waals surface area contributed by atoms with Gasteiger partial charge in [0.25, 0.3) is 15.6 Å². The van der Waals surface area contributed by atoms with Crippen LogP contribution in [-0.2, 0) is 10.0 Å². The van der Waals surface area contributed by atoms with Crippen molar-refractivity contribution < 1.29 is 8.42 Å². The van der Waals surface area contributed by atoms with E-state index < -0.39 is 21.3 Å². The Morgan fingerprint density at radius 2 is 1.68 bits per heavy atom. The zero-order chi connectivity index (χ0) is 15.9. The summed E-state index contributed by atoms with van der Waals surface area (Å²) in [5.41, 5.74) is -1.44. The van der Waals surface area contributed by atoms with E-state index in [1.165, 1.54) is 13.0 Å². The number of aryl methyl sites for hydroxylation is 1. The molecule has 0 unspecified atom stereocenters. The van der Waals surface area contributed by atoms with Crippen LogP contribution in [0.4, 0.5) is 0 Å². The Morgan fingerprint density at radius 1 is 1.00 bits per heavy atom. The lowest BCUT2D eigenvalue weighted by Gasteiger charge is -2.10. The van der Waals surface area contributed by atoms with E-state index >= 15 is 0 Å². The van der Waals surface area contributed by atoms with Gasteiger partial charge < -0.3 is 0 Å². The fraction of sp³-hybridized carbons (Fsp3) is 0.0667. The Balaban J connectivity index is 2.37. The summed E-state index contributed by atoms with van der Waals surface area (Å²) < 4.78 is 26.1. The van der Waals surface area contributed by atoms with Crippen molar-refractivity contribution in [3.05, 3.63) is 75.1 Å². The summed E-state index contributed by atoms with van der Waals surface area (Å²) in [6.45, 7) is 1.44. The summed E-state index contributed by atoms with van der Waals surface area (Å²) in [5, 5.41) is 1.26. The molecule has 6 nitrogen and oxygen atoms in total. The van der Waals surface area contributed by atoms with Gasteiger partial charge in [-0.2, -0.15) is 3.97 Å². The normalized spacial score (nSPS) is 11.7. The van der Waals surface area contributed by atoms with Crippen LogP contribution in [0.5, 0.6) is 0 Å². The Hall–Kier alpha value is -2.67. The van der Waals surface area contributed by atoms with Gasteiger partial charge in [-0.15, -0.1) is 0 Å². The maximum atomic E-state index is 12.8. The highest BCUT2D eigenvalue weighted by molar-refractivity contribution is 7.90. The van der Waals surface area contributed by atoms with E-state index in [0.29, 0.717) is 9.36 Å². The fourth-order valence-electron chi connectivity index (χ4n) is 2.25. The molecule has 0 aliphatic heterocycles. The topological polar surface area (TPSA) is 89.0 Å². The van der Waals surface area contributed by atoms with Crippen LogP contribution in [0.15, 0.2) is 63.1 Å². The molecule has 0 aliphatic carbocycles. The second kappa shape index (κ2) is 4.96. The molecule has 112 valence electrons. The standard InChI is InChI=1S/C15H12N2O4S/c1-10-9-17(15(19)16-14(10)18)22(20,21)13-8-4-6-11-5-2-3-7-12(11)13/h2-9H,1H3,(H,16,18,19). The van der Waals surface area contributed by atoms with E-state index in [2.05, 4.69) is 0 Å². The molecule has 3 rings (SSSR count). The first kappa shape index (κ1) is 14.3. The van der Waals surface area contributed by atoms with E-state index in [1.807, 2.05) is 4.98 Å². The SMILES string of the molecule is Cc1cn(S(=O)(=O)c2cccc3ccccc23)c(=O)[nH]c1=O. The predicted octanol–water partition coefficient (Wildman–Crippen LogP) is 1.24. The Morgan fingerprint density at radius 3 is 2.45 bits per heavy atom. The first-order valence-electron chi connectivity index (χ1n) is 6.47. The largest absolute Gasteiger partial charge is 0.342 e. The van der Waals surface area contributed by atoms with Crippen LogP contribution < -0.4 is 11.2 Å². The minimum absolute atomic E-state index is 0.0131. The van der Waals surface area contributed by atoms with Gasteiger partial charge in [-0.3, -0.25) is 9.78 Å². The van der Waals surface area contributed by atoms with Gasteiger partial charge in [-0.25, -0.2) is 13.2 Å². The highest BCUT2D eigenvalue weighted by Gasteiger charge is 2.21. The van der Waals surface area contributed by atoms with E-state index in [-0.39, 0.29) is 10.5 Å². The zero-order valence-electron chi connectivity index (χ0n) is 11.6. The van der Waals surface area contributed by atoms with Crippen LogP contribution in [0.25, 0.3) is 10.8 Å². The summed E-state index contributed by atoms with van der Waals surface area (Å²) in [6, 6.07) is 11.8. The van der Waals surface area contributed by atoms with E-state index in [1.54, 1.807) is 36.4 Å². The molecule has 0 bridgehead atoms. The monoisotopic (exact) mass is 316 g/mol. The average Bonchev–Trinajstić information content (AvgIpc) is 2.50. The number of rotatable bonds is 2. The van der Waals surface area contributed by atoms with Crippen molar-refractivity contribution in [2.75, 3.05) is 0 Å². The van der Waals surface area contributed by atoms with Crippen molar-refractivity contribution in [2.24, 2.45) is 0 Å². The molecule has 0 atom stereocenters. The van der Waals surface area contributed by atoms with Crippen molar-refractivity contribution in [3.63, 3.8) is 0 Å². The maximum Gasteiger partial charge on any atom is 0.342 e. The lowest BCUT2D eigenvalue weighted by molar-refractivity contribution is 0.584. The predicted molar refractivity (Wildman–Crippen MR) is 82.6 cm³/mol. The van der Waals surface area contributed by atoms with Crippen LogP contribution in [0.2, 0.25) is 0 Å². The molecule has 0 fully saturated rings. The minimum atomic E-state index is -4.10. The molecule has 0 radical (unpaired) electrons. The number of aromatic amines is 1. The zero-order valence-corrected chi connectivity index (χ0v) is 12.4. The smallest absolute Gasteiger partial charge is 0.273 e. The Labute approximate surface area is 125 Å². The van der Waals surface area contributed by atoms with Gasteiger partial charge in [0, 0.05) is 17.1 Å². The third-order valence-corrected chi connectivity index (χ3v) is 5.08. The summed E-state index contributed by atoms with van der Waals surface area (Å²) in [4.78, 5) is 25.3. The molecular formula is C15H12N2O4S. The van der Waals surface area contributed by atoms with Crippen LogP contribution >= 0.6 is 0 Å². The van der Waals surface area contributed by atoms with Crippen molar-refractivity contribution in [3.8, 4) is 0 Å². The highest BCUT2D eigenvalue weighted by atomic mass is 32.2. The maximum absolute atomic E-state index is 12.8. The molecule has 1 heterocycles. The van der Waals surface area contributed by atoms with E-state index in [4.69, 9.17) is 0 Å². The fourth-order valence-corrected chi connectivity index (χ4v) is 3.74. The van der Waals surface area contributed by atoms with Gasteiger partial charge in [0.15, 0.2) is 0 Å². The van der Waals surface area contributed by atoms with Gasteiger partial charge in [0.1, 0.15) is 0 Å². The number of fused-ring (bicyclic) bond motifs is 1. The summed E-state index contributed by atoms with van der Waals surface area (Å²) in [6.07, 6.45) is 1.04. The first-order chi connectivity index (χ1) is 10.4. The number of hydrogen-bond donors (Lipinski definition) is 1. The molecule has 2 aromatic carbocycles. The van der Waals surface area contributed by atoms with Crippen molar-refractivity contribution in [1.29, 1.82) is 0 Å². The summed E-state index contributed by atoms with van der Waals surface area (Å²) in [5.74, 6) is 0. The quantitative estimate of drug-likeness (QED) is 0.770. The molecule has 0 saturated carbocycles. The third kappa shape index (κ3) is 2.15. The second-order valence-corrected chi connectivity index (χ2v) is 6.63. The summed E-state index contributed by atoms with van der Waals surface area (Å²) in [7, 11) is -4.10. The third-order valence-electron chi connectivity index (χ3n) is 3.38. The van der Waals surface area contributed by atoms with Crippen LogP contribution in [-0.4, -0.2) is 17.4 Å². The van der Waals surface area contributed by atoms with Crippen molar-refractivity contribution in [2.45, 2.75) is 11.8 Å². The molecule has 22 heavy (non-hydrogen) atoms. The van der Waals surface area contributed by atoms with Crippen molar-refractivity contribution >= 4 is 20.8 Å². The molecular weight excluding hydrogens is 304 g/mol. The molecule has 0 amide bonds. The van der Waals surface area contributed by atoms with Gasteiger partial charge in [0.05, 0.1) is 4.90 Å². The number of nitrogens with zero attached hydrogens (tertiary/aromatic N) is 1. The van der Waals surface area contributed by atoms with Crippen LogP contribution in [0.1, 0.15) is 5.56 Å². The molecule has 0 spiro atoms. The lowest BCUT2D eigenvalue weighted by atomic mass is 10.1. The van der Waals surface area contributed by atoms with Crippen LogP contribution in [0.3, 0.4) is 0 Å². The molecule has 1 N–H and O–H groups in total. The first-order valence-corrected chi connectivity index (χ1v) is 7.91. The number of H-pyrrole nitrogens is 1. The van der Waals surface area contributed by atoms with Gasteiger partial charge in [-0.05, 0) is 18.4 Å². The van der Waals surface area contributed by atoms with Gasteiger partial charge in [0.2, 0.25) is 0 Å². The van der Waals surface area contributed by atoms with E-state index in [9.17, 15) is 18.0 Å². The number of benzene rings is 2. The Bertz CT molecular complexity index is 1090. The molecule has 7 heteroatoms. The average molecular weight is 316 g/mol. The van der Waals surface area contributed by atoms with Crippen LogP contribution in [0, 0.1) is 6.92 Å². The lowest BCUT2D eigenvalue weighted by Crippen LogP contribution is -2.34. The summed E-state index contributed by atoms with van der Waals surface area (Å²) >= 11 is 0. The number of hydrogen-bond acceptors (Lipinski definition) is 4. The number of nitrogens with one attached hydrogen (secondary N) is 1. The minimum Gasteiger partial charge on any atom is -0.273 e. The second-order valence-electron chi connectivity index (χ2n) is 4.85. The van der Waals surface area contributed by atoms with Gasteiger partial charge >= 0.3 is 5.69 Å². The van der Waals surface area contributed by atoms with Gasteiger partial charge in [-0.1, -0.05) is 36.4 Å². The Kier molecular flexibility index (Phi) is 3.22. The highest BCUT2D eigenvalue weighted by Crippen LogP contribution is 2.23. The molecule has 1 aromatic heterocycles. The number of aromatic nitrogens is 2.